The van der Waals surface area contributed by atoms with E-state index in [0.717, 1.165) is 0 Å². The first-order chi connectivity index (χ1) is 21.3. The zero-order valence-corrected chi connectivity index (χ0v) is 24.7. The van der Waals surface area contributed by atoms with E-state index < -0.39 is 102 Å². The summed E-state index contributed by atoms with van der Waals surface area (Å²) in [5.41, 5.74) is 12.2. The van der Waals surface area contributed by atoms with Gasteiger partial charge in [0.2, 0.25) is 0 Å². The number of nitrogen functional groups attached to an aromatic ring is 1. The second-order valence-corrected chi connectivity index (χ2v) is 13.9. The number of amides is 1. The molecule has 13 atom stereocenters. The van der Waals surface area contributed by atoms with Crippen molar-refractivity contribution in [1.82, 2.24) is 35.1 Å². The molecular weight excluding hydrogens is 640 g/mol. The Hall–Kier alpha value is -2.52. The highest BCUT2D eigenvalue weighted by Gasteiger charge is 2.54. The van der Waals surface area contributed by atoms with Gasteiger partial charge in [-0.2, -0.15) is 0 Å². The third kappa shape index (κ3) is 5.60. The van der Waals surface area contributed by atoms with Gasteiger partial charge in [-0.25, -0.2) is 15.0 Å². The molecule has 4 saturated heterocycles. The summed E-state index contributed by atoms with van der Waals surface area (Å²) < 4.78 is 62.0. The number of anilines is 1. The lowest BCUT2D eigenvalue weighted by Gasteiger charge is -2.40. The predicted molar refractivity (Wildman–Crippen MR) is 150 cm³/mol. The van der Waals surface area contributed by atoms with Crippen LogP contribution in [0.25, 0.3) is 11.2 Å². The van der Waals surface area contributed by atoms with E-state index in [9.17, 15) is 24.1 Å². The highest BCUT2D eigenvalue weighted by atomic mass is 31.2. The lowest BCUT2D eigenvalue weighted by molar-refractivity contribution is -0.130. The monoisotopic (exact) mass is 666 g/mol. The number of rotatable bonds is 2. The van der Waals surface area contributed by atoms with E-state index >= 15 is 0 Å². The molecule has 21 nitrogen and oxygen atoms in total. The van der Waals surface area contributed by atoms with Crippen LogP contribution in [0.3, 0.4) is 0 Å². The van der Waals surface area contributed by atoms with Crippen LogP contribution in [0.4, 0.5) is 5.82 Å². The van der Waals surface area contributed by atoms with Crippen LogP contribution in [0.5, 0.6) is 0 Å². The molecule has 0 aromatic carbocycles. The maximum atomic E-state index is 13.5. The van der Waals surface area contributed by atoms with E-state index in [4.69, 9.17) is 54.2 Å². The number of imidazole rings is 1. The fraction of sp³-hybridized carbons (Fsp3) is 0.650. The maximum absolute atomic E-state index is 13.5. The number of aliphatic hydroxyl groups is 2. The average molecular weight is 666 g/mol. The second-order valence-electron chi connectivity index (χ2n) is 10.8. The third-order valence-corrected chi connectivity index (χ3v) is 9.94. The van der Waals surface area contributed by atoms with Crippen LogP contribution in [-0.2, 0) is 41.5 Å². The molecule has 0 aliphatic carbocycles. The predicted octanol–water partition coefficient (Wildman–Crippen LogP) is -3.88. The zero-order chi connectivity index (χ0) is 31.8. The summed E-state index contributed by atoms with van der Waals surface area (Å²) >= 11 is 0. The molecule has 7 heterocycles. The maximum Gasteiger partial charge on any atom is 0.250 e. The van der Waals surface area contributed by atoms with E-state index in [1.54, 1.807) is 0 Å². The second kappa shape index (κ2) is 11.3. The highest BCUT2D eigenvalue weighted by Crippen LogP contribution is 2.52. The molecule has 0 spiro atoms. The fourth-order valence-corrected chi connectivity index (χ4v) is 7.78. The average Bonchev–Trinajstić information content (AvgIpc) is 3.72. The number of hydrogen-bond acceptors (Lipinski definition) is 19. The first kappa shape index (κ1) is 31.1. The van der Waals surface area contributed by atoms with Gasteiger partial charge in [-0.3, -0.25) is 25.4 Å². The number of ether oxygens (including phenoxy) is 2. The van der Waals surface area contributed by atoms with E-state index in [1.807, 2.05) is 0 Å². The molecule has 2 aromatic rings. The molecule has 2 bridgehead atoms. The zero-order valence-electron chi connectivity index (χ0n) is 23.0. The molecule has 6 radical (unpaired) electrons. The first-order valence-corrected chi connectivity index (χ1v) is 16.7. The van der Waals surface area contributed by atoms with Crippen molar-refractivity contribution in [3.05, 3.63) is 12.7 Å². The number of nitrogens with zero attached hydrogens (tertiary/aromatic N) is 6. The molecule has 240 valence electrons. The summed E-state index contributed by atoms with van der Waals surface area (Å²) in [6, 6.07) is -0.933. The molecule has 8 N–H and O–H groups in total. The normalized spacial score (nSPS) is 45.4. The van der Waals surface area contributed by atoms with Crippen LogP contribution >= 0.6 is 14.9 Å². The Kier molecular flexibility index (Phi) is 7.82. The molecule has 7 rings (SSSR count). The van der Waals surface area contributed by atoms with Gasteiger partial charge in [-0.05, 0) is 0 Å². The Morgan fingerprint density at radius 1 is 0.978 bits per heavy atom. The molecule has 11 unspecified atom stereocenters. The van der Waals surface area contributed by atoms with Crippen molar-refractivity contribution in [2.75, 3.05) is 18.9 Å². The molecule has 0 saturated carbocycles. The largest absolute Gasteiger partial charge is 0.444 e. The van der Waals surface area contributed by atoms with Crippen molar-refractivity contribution >= 4 is 59.3 Å². The Labute approximate surface area is 256 Å². The van der Waals surface area contributed by atoms with Crippen LogP contribution in [0.15, 0.2) is 17.6 Å². The quantitative estimate of drug-likeness (QED) is 0.132. The van der Waals surface area contributed by atoms with Crippen LogP contribution in [0.1, 0.15) is 6.23 Å². The van der Waals surface area contributed by atoms with Crippen molar-refractivity contribution in [1.29, 1.82) is 0 Å². The minimum Gasteiger partial charge on any atom is -0.444 e. The lowest BCUT2D eigenvalue weighted by atomic mass is 10.1. The SMILES string of the molecule is [B-][P@@]1(=O)OCC2OC(N3C=NC4C(=O)NC(N)NC43)C(O[P@]([B-])(=O)OCC3OC(n4cnc5c(N)ncnc54)C(O)C3O1)C2O. The summed E-state index contributed by atoms with van der Waals surface area (Å²) in [6.45, 7) is -1.26. The standard InChI is InChI=1S/C20H26B2N10O11P2/c21-44(36)38-1-6-10(33)13(19(40-6)32-5-28-9-16(32)29-20(24)30-17(9)35)43-45(22,37)39-2-7-12(42-44)11(34)18(41-7)31-4-27-8-14(23)25-3-26-15(8)31/h3-7,9-13,16,18-20,29,33-34H,1-2,24H2,(H,30,35)(H2,23,25,26)/q-2/t6?,7?,9?,10?,11?,12?,13?,16?,18?,19?,20?,44-,45-/m1/s1. The summed E-state index contributed by atoms with van der Waals surface area (Å²) in [5.74, 6) is -0.392. The molecule has 45 heavy (non-hydrogen) atoms. The molecule has 1 amide bonds. The number of hydrogen-bond donors (Lipinski definition) is 6. The van der Waals surface area contributed by atoms with Crippen molar-refractivity contribution < 1.29 is 51.7 Å². The molecular formula is C20H26B2N10O11P2-2. The number of nitrogens with two attached hydrogens (primary N) is 2. The minimum absolute atomic E-state index is 0.0768. The van der Waals surface area contributed by atoms with Gasteiger partial charge in [0.05, 0.1) is 40.8 Å². The Morgan fingerprint density at radius 2 is 1.67 bits per heavy atom. The molecule has 25 heteroatoms. The third-order valence-electron chi connectivity index (χ3n) is 7.85. The van der Waals surface area contributed by atoms with Crippen molar-refractivity contribution in [3.8, 4) is 0 Å². The molecule has 4 fully saturated rings. The summed E-state index contributed by atoms with van der Waals surface area (Å²) in [6.07, 6.45) is -9.28. The van der Waals surface area contributed by atoms with Gasteiger partial charge in [0, 0.05) is 0 Å². The van der Waals surface area contributed by atoms with Crippen molar-refractivity contribution in [3.63, 3.8) is 0 Å². The number of aromatic nitrogens is 4. The number of nitrogens with one attached hydrogen (secondary N) is 2. The fourth-order valence-electron chi connectivity index (χ4n) is 5.78. The molecule has 5 aliphatic heterocycles. The molecule has 5 aliphatic rings. The minimum atomic E-state index is -4.55. The summed E-state index contributed by atoms with van der Waals surface area (Å²) in [5, 5.41) is 27.8. The van der Waals surface area contributed by atoms with Gasteiger partial charge in [0.25, 0.3) is 5.91 Å². The summed E-state index contributed by atoms with van der Waals surface area (Å²) in [4.78, 5) is 30.1. The Balaban J connectivity index is 1.16. The number of carbonyl (C=O) groups excluding carboxylic acids is 1. The topological polar surface area (TPSA) is 282 Å². The van der Waals surface area contributed by atoms with Gasteiger partial charge in [-0.15, -0.1) is 0 Å². The number of aliphatic imine (C=N–C) groups is 1. The van der Waals surface area contributed by atoms with Crippen LogP contribution in [-0.4, -0.2) is 137 Å². The Morgan fingerprint density at radius 3 is 2.42 bits per heavy atom. The van der Waals surface area contributed by atoms with Crippen LogP contribution in [0.2, 0.25) is 0 Å². The number of aliphatic hydroxyl groups excluding tert-OH is 2. The van der Waals surface area contributed by atoms with Gasteiger partial charge in [0.1, 0.15) is 60.9 Å². The Bertz CT molecular complexity index is 1620. The smallest absolute Gasteiger partial charge is 0.250 e. The van der Waals surface area contributed by atoms with Crippen molar-refractivity contribution in [2.24, 2.45) is 10.7 Å². The van der Waals surface area contributed by atoms with Gasteiger partial charge in [0.15, 0.2) is 30.0 Å². The van der Waals surface area contributed by atoms with Crippen molar-refractivity contribution in [2.45, 2.75) is 67.6 Å². The van der Waals surface area contributed by atoms with E-state index in [-0.39, 0.29) is 17.0 Å². The van der Waals surface area contributed by atoms with Crippen LogP contribution < -0.4 is 22.1 Å². The van der Waals surface area contributed by atoms with Gasteiger partial charge < -0.3 is 78.0 Å². The van der Waals surface area contributed by atoms with Crippen LogP contribution in [0, 0.1) is 0 Å². The number of fused-ring (bicyclic) bond motifs is 5. The van der Waals surface area contributed by atoms with E-state index in [1.165, 1.54) is 28.5 Å². The van der Waals surface area contributed by atoms with E-state index in [0.29, 0.717) is 0 Å². The number of carbonyl (C=O) groups is 1. The van der Waals surface area contributed by atoms with Gasteiger partial charge >= 0.3 is 0 Å². The molecule has 2 aromatic heterocycles. The highest BCUT2D eigenvalue weighted by molar-refractivity contribution is 7.79. The summed E-state index contributed by atoms with van der Waals surface area (Å²) in [7, 11) is 2.78. The van der Waals surface area contributed by atoms with Gasteiger partial charge in [-0.1, -0.05) is 0 Å². The lowest BCUT2D eigenvalue weighted by Crippen LogP contribution is -2.70. The first-order valence-electron chi connectivity index (χ1n) is 13.5. The van der Waals surface area contributed by atoms with E-state index in [2.05, 4.69) is 30.6 Å².